The number of azo groups is 1. The van der Waals surface area contributed by atoms with Crippen LogP contribution in [-0.2, 0) is 19.6 Å². The molecule has 0 radical (unpaired) electrons. The zero-order valence-electron chi connectivity index (χ0n) is 16.3. The van der Waals surface area contributed by atoms with E-state index in [1.807, 2.05) is 0 Å². The first-order valence-electron chi connectivity index (χ1n) is 8.80. The second-order valence-electron chi connectivity index (χ2n) is 5.94. The van der Waals surface area contributed by atoms with E-state index in [1.54, 1.807) is 13.0 Å². The summed E-state index contributed by atoms with van der Waals surface area (Å²) in [5.41, 5.74) is 0.910. The minimum Gasteiger partial charge on any atom is -0.506 e. The molecule has 0 aliphatic rings. The van der Waals surface area contributed by atoms with Crippen LogP contribution in [0.2, 0.25) is 5.02 Å². The number of ether oxygens (including phenoxy) is 1. The zero-order valence-corrected chi connectivity index (χ0v) is 19.5. The van der Waals surface area contributed by atoms with E-state index >= 15 is 0 Å². The van der Waals surface area contributed by atoms with Gasteiger partial charge in [0.05, 0.1) is 27.8 Å². The van der Waals surface area contributed by atoms with Gasteiger partial charge in [0.15, 0.2) is 5.00 Å². The highest BCUT2D eigenvalue weighted by Crippen LogP contribution is 2.40. The van der Waals surface area contributed by atoms with Crippen molar-refractivity contribution in [3.63, 3.8) is 0 Å². The van der Waals surface area contributed by atoms with E-state index in [-0.39, 0.29) is 28.0 Å². The van der Waals surface area contributed by atoms with Gasteiger partial charge in [0.2, 0.25) is 10.0 Å². The molecule has 1 aromatic heterocycles. The number of carbonyl (C=O) groups is 1. The monoisotopic (exact) mass is 500 g/mol. The molecule has 0 aliphatic carbocycles. The summed E-state index contributed by atoms with van der Waals surface area (Å²) in [4.78, 5) is 12.2. The average molecular weight is 501 g/mol. The largest absolute Gasteiger partial charge is 0.506 e. The number of thioether (sulfide) groups is 1. The van der Waals surface area contributed by atoms with Crippen molar-refractivity contribution in [2.45, 2.75) is 16.7 Å². The molecule has 2 aromatic carbocycles. The summed E-state index contributed by atoms with van der Waals surface area (Å²) in [7, 11) is -2.30. The third-order valence-corrected chi connectivity index (χ3v) is 7.43. The number of hydrogen-bond donors (Lipinski definition) is 2. The van der Waals surface area contributed by atoms with Crippen molar-refractivity contribution in [2.75, 3.05) is 19.4 Å². The fourth-order valence-corrected chi connectivity index (χ4v) is 4.83. The molecule has 0 unspecified atom stereocenters. The number of sulfonamides is 1. The van der Waals surface area contributed by atoms with E-state index in [9.17, 15) is 18.3 Å². The van der Waals surface area contributed by atoms with Crippen LogP contribution < -0.4 is 4.72 Å². The first kappa shape index (κ1) is 23.4. The second kappa shape index (κ2) is 9.92. The normalized spacial score (nSPS) is 12.0. The van der Waals surface area contributed by atoms with Crippen LogP contribution in [0.5, 0.6) is 5.75 Å². The van der Waals surface area contributed by atoms with Crippen molar-refractivity contribution in [3.8, 4) is 5.75 Å². The van der Waals surface area contributed by atoms with Gasteiger partial charge in [-0.2, -0.15) is 4.37 Å². The van der Waals surface area contributed by atoms with Crippen molar-refractivity contribution in [2.24, 2.45) is 10.2 Å². The number of carbonyl (C=O) groups excluding carboxylic acids is 1. The Balaban J connectivity index is 1.95. The molecule has 0 spiro atoms. The number of phenolic OH excluding ortho intramolecular Hbond substituents is 1. The number of rotatable bonds is 8. The van der Waals surface area contributed by atoms with Crippen molar-refractivity contribution in [1.82, 2.24) is 9.10 Å². The third kappa shape index (κ3) is 5.52. The van der Waals surface area contributed by atoms with Crippen molar-refractivity contribution < 1.29 is 23.1 Å². The molecule has 3 rings (SSSR count). The molecule has 0 saturated carbocycles. The minimum absolute atomic E-state index is 0.0200. The lowest BCUT2D eigenvalue weighted by Gasteiger charge is -2.07. The number of nitrogens with zero attached hydrogens (tertiary/aromatic N) is 3. The Labute approximate surface area is 191 Å². The number of nitrogens with one attached hydrogen (secondary N) is 1. The summed E-state index contributed by atoms with van der Waals surface area (Å²) in [5, 5.41) is 19.3. The number of aromatic nitrogens is 1. The summed E-state index contributed by atoms with van der Waals surface area (Å²) in [6.45, 7) is 1.98. The zero-order chi connectivity index (χ0) is 22.6. The Morgan fingerprint density at radius 3 is 2.81 bits per heavy atom. The molecular weight excluding hydrogens is 484 g/mol. The molecule has 3 aromatic rings. The Morgan fingerprint density at radius 1 is 1.32 bits per heavy atom. The fraction of sp³-hybridized carbons (Fsp3) is 0.222. The van der Waals surface area contributed by atoms with Crippen LogP contribution in [0.15, 0.2) is 50.4 Å². The quantitative estimate of drug-likeness (QED) is 0.262. The molecule has 0 atom stereocenters. The maximum Gasteiger partial charge on any atom is 0.316 e. The molecule has 0 bridgehead atoms. The molecule has 0 aliphatic heterocycles. The molecule has 0 amide bonds. The molecule has 1 heterocycles. The SMILES string of the molecule is CCOC(=O)CSc1cc(O)c(Cl)cc1N=Nc1snc2ccc(S(=O)(=O)NC)cc12. The van der Waals surface area contributed by atoms with Gasteiger partial charge in [0.1, 0.15) is 11.4 Å². The summed E-state index contributed by atoms with van der Waals surface area (Å²) >= 11 is 8.18. The van der Waals surface area contributed by atoms with Gasteiger partial charge in [-0.15, -0.1) is 22.0 Å². The summed E-state index contributed by atoms with van der Waals surface area (Å²) in [6.07, 6.45) is 0. The predicted octanol–water partition coefficient (Wildman–Crippen LogP) is 4.63. The van der Waals surface area contributed by atoms with Crippen LogP contribution in [0.4, 0.5) is 10.7 Å². The minimum atomic E-state index is -3.63. The van der Waals surface area contributed by atoms with Crippen molar-refractivity contribution in [1.29, 1.82) is 0 Å². The Morgan fingerprint density at radius 2 is 2.10 bits per heavy atom. The Bertz CT molecular complexity index is 1260. The number of halogens is 1. The average Bonchev–Trinajstić information content (AvgIpc) is 3.15. The summed E-state index contributed by atoms with van der Waals surface area (Å²) in [6, 6.07) is 7.34. The van der Waals surface area contributed by atoms with Crippen LogP contribution in [0.3, 0.4) is 0 Å². The number of esters is 1. The van der Waals surface area contributed by atoms with Crippen molar-refractivity contribution >= 4 is 72.5 Å². The van der Waals surface area contributed by atoms with Gasteiger partial charge in [-0.05, 0) is 55.8 Å². The van der Waals surface area contributed by atoms with Gasteiger partial charge < -0.3 is 9.84 Å². The lowest BCUT2D eigenvalue weighted by Crippen LogP contribution is -2.18. The topological polar surface area (TPSA) is 130 Å². The summed E-state index contributed by atoms with van der Waals surface area (Å²) in [5.74, 6) is -0.541. The van der Waals surface area contributed by atoms with Gasteiger partial charge in [0.25, 0.3) is 0 Å². The maximum absolute atomic E-state index is 12.1. The predicted molar refractivity (Wildman–Crippen MR) is 121 cm³/mol. The number of aromatic hydroxyl groups is 1. The number of hydrogen-bond acceptors (Lipinski definition) is 10. The highest BCUT2D eigenvalue weighted by atomic mass is 35.5. The van der Waals surface area contributed by atoms with Gasteiger partial charge in [-0.3, -0.25) is 4.79 Å². The molecule has 9 nitrogen and oxygen atoms in total. The van der Waals surface area contributed by atoms with Crippen LogP contribution in [-0.4, -0.2) is 43.3 Å². The molecule has 13 heteroatoms. The van der Waals surface area contributed by atoms with Gasteiger partial charge in [-0.1, -0.05) is 11.6 Å². The smallest absolute Gasteiger partial charge is 0.316 e. The molecular formula is C18H17ClN4O5S3. The highest BCUT2D eigenvalue weighted by molar-refractivity contribution is 8.00. The van der Waals surface area contributed by atoms with E-state index in [2.05, 4.69) is 19.3 Å². The van der Waals surface area contributed by atoms with E-state index < -0.39 is 16.0 Å². The Hall–Kier alpha value is -2.25. The van der Waals surface area contributed by atoms with E-state index in [4.69, 9.17) is 16.3 Å². The van der Waals surface area contributed by atoms with E-state index in [0.29, 0.717) is 26.5 Å². The van der Waals surface area contributed by atoms with Crippen LogP contribution in [0.25, 0.3) is 10.9 Å². The standard InChI is InChI=1S/C18H17ClN4O5S3/c1-3-28-17(25)9-29-16-8-15(24)12(19)7-14(16)21-22-18-11-6-10(31(26,27)20-2)4-5-13(11)23-30-18/h4-8,20,24H,3,9H2,1-2H3. The lowest BCUT2D eigenvalue weighted by atomic mass is 10.2. The molecule has 164 valence electrons. The lowest BCUT2D eigenvalue weighted by molar-refractivity contribution is -0.139. The van der Waals surface area contributed by atoms with Gasteiger partial charge >= 0.3 is 5.97 Å². The maximum atomic E-state index is 12.1. The van der Waals surface area contributed by atoms with Gasteiger partial charge in [-0.25, -0.2) is 13.1 Å². The number of phenols is 1. The molecule has 31 heavy (non-hydrogen) atoms. The molecule has 0 fully saturated rings. The van der Waals surface area contributed by atoms with Crippen molar-refractivity contribution in [3.05, 3.63) is 35.4 Å². The molecule has 0 saturated heterocycles. The second-order valence-corrected chi connectivity index (χ2v) is 10.0. The highest BCUT2D eigenvalue weighted by Gasteiger charge is 2.16. The number of benzene rings is 2. The fourth-order valence-electron chi connectivity index (χ4n) is 2.43. The van der Waals surface area contributed by atoms with E-state index in [1.165, 1.54) is 31.3 Å². The van der Waals surface area contributed by atoms with Crippen LogP contribution >= 0.6 is 34.9 Å². The van der Waals surface area contributed by atoms with Gasteiger partial charge in [0, 0.05) is 10.3 Å². The Kier molecular flexibility index (Phi) is 7.49. The number of fused-ring (bicyclic) bond motifs is 1. The third-order valence-electron chi connectivity index (χ3n) is 3.94. The first-order valence-corrected chi connectivity index (χ1v) is 12.4. The molecule has 2 N–H and O–H groups in total. The van der Waals surface area contributed by atoms with Crippen LogP contribution in [0, 0.1) is 0 Å². The van der Waals surface area contributed by atoms with E-state index in [0.717, 1.165) is 23.3 Å². The summed E-state index contributed by atoms with van der Waals surface area (Å²) < 4.78 is 35.6. The van der Waals surface area contributed by atoms with Crippen LogP contribution in [0.1, 0.15) is 6.92 Å². The first-order chi connectivity index (χ1) is 14.7.